The minimum atomic E-state index is 0.423. The van der Waals surface area contributed by atoms with E-state index in [-0.39, 0.29) is 0 Å². The number of rotatable bonds is 9. The molecule has 0 aliphatic rings. The molecule has 0 aliphatic carbocycles. The van der Waals surface area contributed by atoms with Gasteiger partial charge in [0.05, 0.1) is 7.11 Å². The Morgan fingerprint density at radius 2 is 1.92 bits per heavy atom. The third kappa shape index (κ3) is 6.02. The third-order valence-corrected chi connectivity index (χ3v) is 3.86. The van der Waals surface area contributed by atoms with Gasteiger partial charge in [-0.1, -0.05) is 37.6 Å². The molecule has 0 fully saturated rings. The van der Waals surface area contributed by atoms with E-state index in [1.165, 1.54) is 12.0 Å². The summed E-state index contributed by atoms with van der Waals surface area (Å²) in [6.45, 7) is 6.72. The average molecular weight is 349 g/mol. The van der Waals surface area contributed by atoms with E-state index in [9.17, 15) is 0 Å². The molecule has 0 radical (unpaired) electrons. The zero-order valence-corrected chi connectivity index (χ0v) is 15.3. The minimum absolute atomic E-state index is 0.423. The van der Waals surface area contributed by atoms with E-state index in [1.807, 2.05) is 18.2 Å². The summed E-state index contributed by atoms with van der Waals surface area (Å²) in [6, 6.07) is 9.66. The van der Waals surface area contributed by atoms with Gasteiger partial charge in [0, 0.05) is 18.3 Å². The van der Waals surface area contributed by atoms with Crippen molar-refractivity contribution < 1.29 is 9.47 Å². The highest BCUT2D eigenvalue weighted by Crippen LogP contribution is 2.28. The molecule has 24 heavy (non-hydrogen) atoms. The summed E-state index contributed by atoms with van der Waals surface area (Å²) in [6.07, 6.45) is 2.88. The van der Waals surface area contributed by atoms with E-state index >= 15 is 0 Å². The fourth-order valence-electron chi connectivity index (χ4n) is 2.22. The molecule has 5 heteroatoms. The summed E-state index contributed by atoms with van der Waals surface area (Å²) in [5, 5.41) is 3.93. The molecule has 0 atom stereocenters. The van der Waals surface area contributed by atoms with Crippen LogP contribution in [0, 0.1) is 5.92 Å². The van der Waals surface area contributed by atoms with E-state index in [0.717, 1.165) is 30.2 Å². The smallest absolute Gasteiger partial charge is 0.161 e. The maximum atomic E-state index is 5.84. The van der Waals surface area contributed by atoms with Crippen molar-refractivity contribution in [2.45, 2.75) is 33.4 Å². The number of halogens is 1. The summed E-state index contributed by atoms with van der Waals surface area (Å²) in [7, 11) is 1.65. The number of nitrogens with zero attached hydrogens (tertiary/aromatic N) is 1. The highest BCUT2D eigenvalue weighted by Gasteiger charge is 2.07. The molecule has 1 aromatic heterocycles. The van der Waals surface area contributed by atoms with Gasteiger partial charge in [-0.3, -0.25) is 0 Å². The first-order chi connectivity index (χ1) is 11.6. The molecule has 0 saturated carbocycles. The Kier molecular flexibility index (Phi) is 7.35. The first-order valence-corrected chi connectivity index (χ1v) is 8.57. The minimum Gasteiger partial charge on any atom is -0.493 e. The quantitative estimate of drug-likeness (QED) is 0.536. The van der Waals surface area contributed by atoms with Gasteiger partial charge in [0.2, 0.25) is 0 Å². The molecule has 0 bridgehead atoms. The second-order valence-corrected chi connectivity index (χ2v) is 6.51. The Morgan fingerprint density at radius 3 is 2.58 bits per heavy atom. The number of hydrogen-bond donors (Lipinski definition) is 1. The Bertz CT molecular complexity index is 630. The molecular formula is C19H25ClN2O2. The van der Waals surface area contributed by atoms with Crippen molar-refractivity contribution in [2.24, 2.45) is 5.92 Å². The number of nitrogens with one attached hydrogen (secondary N) is 1. The van der Waals surface area contributed by atoms with Crippen molar-refractivity contribution in [2.75, 3.05) is 13.7 Å². The van der Waals surface area contributed by atoms with Gasteiger partial charge in [-0.15, -0.1) is 0 Å². The monoisotopic (exact) mass is 348 g/mol. The van der Waals surface area contributed by atoms with Crippen LogP contribution in [0.15, 0.2) is 36.5 Å². The molecule has 130 valence electrons. The lowest BCUT2D eigenvalue weighted by Gasteiger charge is -2.13. The van der Waals surface area contributed by atoms with Crippen molar-refractivity contribution >= 4 is 11.6 Å². The molecule has 2 aromatic rings. The van der Waals surface area contributed by atoms with Crippen LogP contribution in [-0.2, 0) is 13.2 Å². The van der Waals surface area contributed by atoms with Gasteiger partial charge in [0.1, 0.15) is 11.8 Å². The Labute approximate surface area is 149 Å². The average Bonchev–Trinajstić information content (AvgIpc) is 2.58. The highest BCUT2D eigenvalue weighted by molar-refractivity contribution is 6.29. The Hall–Kier alpha value is -1.78. The molecule has 0 aliphatic heterocycles. The van der Waals surface area contributed by atoms with Crippen LogP contribution in [0.1, 0.15) is 31.4 Å². The van der Waals surface area contributed by atoms with Gasteiger partial charge in [-0.05, 0) is 42.6 Å². The van der Waals surface area contributed by atoms with Gasteiger partial charge >= 0.3 is 0 Å². The first-order valence-electron chi connectivity index (χ1n) is 8.19. The molecule has 0 spiro atoms. The van der Waals surface area contributed by atoms with Crippen LogP contribution < -0.4 is 14.8 Å². The predicted octanol–water partition coefficient (Wildman–Crippen LogP) is 4.46. The van der Waals surface area contributed by atoms with Crippen molar-refractivity contribution in [1.82, 2.24) is 10.3 Å². The van der Waals surface area contributed by atoms with E-state index < -0.39 is 0 Å². The molecule has 1 aromatic carbocycles. The highest BCUT2D eigenvalue weighted by atomic mass is 35.5. The number of benzene rings is 1. The van der Waals surface area contributed by atoms with Crippen LogP contribution in [0.5, 0.6) is 11.5 Å². The van der Waals surface area contributed by atoms with E-state index in [0.29, 0.717) is 17.7 Å². The van der Waals surface area contributed by atoms with Crippen molar-refractivity contribution in [3.8, 4) is 11.5 Å². The molecular weight excluding hydrogens is 324 g/mol. The molecule has 4 nitrogen and oxygen atoms in total. The zero-order valence-electron chi connectivity index (χ0n) is 14.5. The maximum Gasteiger partial charge on any atom is 0.161 e. The van der Waals surface area contributed by atoms with Crippen molar-refractivity contribution in [1.29, 1.82) is 0 Å². The summed E-state index contributed by atoms with van der Waals surface area (Å²) in [4.78, 5) is 4.05. The molecule has 2 rings (SSSR count). The standard InChI is InChI=1S/C19H25ClN2O2/c1-14(2)8-9-21-11-15-4-6-17(18(10-15)23-3)24-13-16-5-7-19(20)22-12-16/h4-7,10,12,14,21H,8-9,11,13H2,1-3H3. The predicted molar refractivity (Wildman–Crippen MR) is 97.7 cm³/mol. The van der Waals surface area contributed by atoms with Crippen molar-refractivity contribution in [3.05, 3.63) is 52.8 Å². The number of aromatic nitrogens is 1. The van der Waals surface area contributed by atoms with E-state index in [2.05, 4.69) is 30.2 Å². The largest absolute Gasteiger partial charge is 0.493 e. The van der Waals surface area contributed by atoms with Crippen LogP contribution in [0.25, 0.3) is 0 Å². The first kappa shape index (κ1) is 18.6. The molecule has 0 saturated heterocycles. The van der Waals surface area contributed by atoms with E-state index in [4.69, 9.17) is 21.1 Å². The second-order valence-electron chi connectivity index (χ2n) is 6.12. The van der Waals surface area contributed by atoms with Crippen LogP contribution in [0.2, 0.25) is 5.15 Å². The number of hydrogen-bond acceptors (Lipinski definition) is 4. The topological polar surface area (TPSA) is 43.4 Å². The third-order valence-electron chi connectivity index (χ3n) is 3.64. The number of methoxy groups -OCH3 is 1. The Balaban J connectivity index is 1.91. The lowest BCUT2D eigenvalue weighted by atomic mass is 10.1. The summed E-state index contributed by atoms with van der Waals surface area (Å²) >= 11 is 5.79. The Morgan fingerprint density at radius 1 is 1.12 bits per heavy atom. The molecule has 1 N–H and O–H groups in total. The van der Waals surface area contributed by atoms with Crippen LogP contribution in [-0.4, -0.2) is 18.6 Å². The lowest BCUT2D eigenvalue weighted by molar-refractivity contribution is 0.284. The normalized spacial score (nSPS) is 10.9. The maximum absolute atomic E-state index is 5.84. The zero-order chi connectivity index (χ0) is 17.4. The summed E-state index contributed by atoms with van der Waals surface area (Å²) in [5.74, 6) is 2.17. The van der Waals surface area contributed by atoms with Crippen molar-refractivity contribution in [3.63, 3.8) is 0 Å². The van der Waals surface area contributed by atoms with Gasteiger partial charge in [-0.2, -0.15) is 0 Å². The SMILES string of the molecule is COc1cc(CNCCC(C)C)ccc1OCc1ccc(Cl)nc1. The van der Waals surface area contributed by atoms with E-state index in [1.54, 1.807) is 19.4 Å². The molecule has 0 unspecified atom stereocenters. The van der Waals surface area contributed by atoms with Gasteiger partial charge < -0.3 is 14.8 Å². The van der Waals surface area contributed by atoms with Gasteiger partial charge in [0.25, 0.3) is 0 Å². The number of ether oxygens (including phenoxy) is 2. The summed E-state index contributed by atoms with van der Waals surface area (Å²) < 4.78 is 11.3. The molecule has 1 heterocycles. The lowest BCUT2D eigenvalue weighted by Crippen LogP contribution is -2.16. The van der Waals surface area contributed by atoms with Gasteiger partial charge in [0.15, 0.2) is 11.5 Å². The van der Waals surface area contributed by atoms with Crippen LogP contribution >= 0.6 is 11.6 Å². The van der Waals surface area contributed by atoms with Gasteiger partial charge in [-0.25, -0.2) is 4.98 Å². The summed E-state index contributed by atoms with van der Waals surface area (Å²) in [5.41, 5.74) is 2.14. The fraction of sp³-hybridized carbons (Fsp3) is 0.421. The molecule has 0 amide bonds. The van der Waals surface area contributed by atoms with Crippen LogP contribution in [0.3, 0.4) is 0 Å². The second kappa shape index (κ2) is 9.50. The van der Waals surface area contributed by atoms with Crippen LogP contribution in [0.4, 0.5) is 0 Å². The fourth-order valence-corrected chi connectivity index (χ4v) is 2.33. The number of pyridine rings is 1.